The fourth-order valence-electron chi connectivity index (χ4n) is 3.35. The Kier molecular flexibility index (Phi) is 7.28. The Bertz CT molecular complexity index is 920. The number of rotatable bonds is 9. The van der Waals surface area contributed by atoms with Crippen LogP contribution in [0.25, 0.3) is 0 Å². The molecule has 29 heavy (non-hydrogen) atoms. The summed E-state index contributed by atoms with van der Waals surface area (Å²) in [5, 5.41) is 2.83. The number of nitrogens with one attached hydrogen (secondary N) is 1. The highest BCUT2D eigenvalue weighted by atomic mass is 32.2. The summed E-state index contributed by atoms with van der Waals surface area (Å²) in [6.07, 6.45) is 4.39. The molecule has 7 heteroatoms. The Labute approximate surface area is 172 Å². The molecular weight excluding hydrogens is 388 g/mol. The molecule has 0 aromatic heterocycles. The number of amides is 1. The number of benzene rings is 2. The fourth-order valence-corrected chi connectivity index (χ4v) is 3.98. The molecule has 156 valence electrons. The van der Waals surface area contributed by atoms with Crippen LogP contribution in [-0.2, 0) is 16.4 Å². The van der Waals surface area contributed by atoms with Crippen LogP contribution in [0.3, 0.4) is 0 Å². The van der Waals surface area contributed by atoms with Crippen LogP contribution in [0.2, 0.25) is 0 Å². The second-order valence-corrected chi connectivity index (χ2v) is 9.40. The van der Waals surface area contributed by atoms with E-state index in [0.29, 0.717) is 25.1 Å². The molecule has 0 bridgehead atoms. The molecule has 1 heterocycles. The predicted molar refractivity (Wildman–Crippen MR) is 113 cm³/mol. The zero-order valence-corrected chi connectivity index (χ0v) is 17.6. The lowest BCUT2D eigenvalue weighted by atomic mass is 10.2. The largest absolute Gasteiger partial charge is 0.494 e. The molecule has 1 aliphatic heterocycles. The van der Waals surface area contributed by atoms with Crippen molar-refractivity contribution in [3.8, 4) is 5.75 Å². The number of carbonyl (C=O) groups is 1. The average molecular weight is 417 g/mol. The molecule has 0 saturated carbocycles. The van der Waals surface area contributed by atoms with Gasteiger partial charge in [-0.2, -0.15) is 0 Å². The van der Waals surface area contributed by atoms with E-state index >= 15 is 0 Å². The van der Waals surface area contributed by atoms with E-state index < -0.39 is 9.84 Å². The predicted octanol–water partition coefficient (Wildman–Crippen LogP) is 2.88. The molecule has 0 atom stereocenters. The van der Waals surface area contributed by atoms with Gasteiger partial charge in [-0.25, -0.2) is 8.42 Å². The normalized spacial score (nSPS) is 14.7. The van der Waals surface area contributed by atoms with E-state index in [-0.39, 0.29) is 10.8 Å². The Balaban J connectivity index is 1.39. The van der Waals surface area contributed by atoms with Crippen LogP contribution < -0.4 is 10.1 Å². The van der Waals surface area contributed by atoms with Gasteiger partial charge in [-0.3, -0.25) is 9.69 Å². The SMILES string of the molecule is CS(=O)(=O)c1ccc(C(=O)NCCCOc2cccc(CN3CCCC3)c2)cc1. The molecule has 0 aliphatic carbocycles. The first-order chi connectivity index (χ1) is 13.9. The fraction of sp³-hybridized carbons (Fsp3) is 0.409. The third-order valence-corrected chi connectivity index (χ3v) is 6.05. The van der Waals surface area contributed by atoms with Crippen LogP contribution in [0.5, 0.6) is 5.75 Å². The maximum Gasteiger partial charge on any atom is 0.251 e. The standard InChI is InChI=1S/C22H28N2O4S/c1-29(26,27)21-10-8-19(9-11-21)22(25)23-12-5-15-28-20-7-4-6-18(16-20)17-24-13-2-3-14-24/h4,6-11,16H,2-3,5,12-15,17H2,1H3,(H,23,25). The maximum atomic E-state index is 12.1. The highest BCUT2D eigenvalue weighted by molar-refractivity contribution is 7.90. The van der Waals surface area contributed by atoms with Gasteiger partial charge in [0, 0.05) is 24.9 Å². The molecule has 1 aliphatic rings. The number of sulfone groups is 1. The van der Waals surface area contributed by atoms with Crippen molar-refractivity contribution in [3.63, 3.8) is 0 Å². The second kappa shape index (κ2) is 9.89. The smallest absolute Gasteiger partial charge is 0.251 e. The Morgan fingerprint density at radius 3 is 2.52 bits per heavy atom. The maximum absolute atomic E-state index is 12.1. The van der Waals surface area contributed by atoms with Gasteiger partial charge < -0.3 is 10.1 Å². The van der Waals surface area contributed by atoms with E-state index in [9.17, 15) is 13.2 Å². The highest BCUT2D eigenvalue weighted by Gasteiger charge is 2.12. The monoisotopic (exact) mass is 416 g/mol. The summed E-state index contributed by atoms with van der Waals surface area (Å²) < 4.78 is 28.7. The molecular formula is C22H28N2O4S. The number of hydrogen-bond acceptors (Lipinski definition) is 5. The van der Waals surface area contributed by atoms with Crippen LogP contribution in [0.4, 0.5) is 0 Å². The van der Waals surface area contributed by atoms with E-state index in [1.165, 1.54) is 55.8 Å². The zero-order chi connectivity index (χ0) is 20.7. The molecule has 1 amide bonds. The first-order valence-corrected chi connectivity index (χ1v) is 11.8. The van der Waals surface area contributed by atoms with E-state index in [4.69, 9.17) is 4.74 Å². The summed E-state index contributed by atoms with van der Waals surface area (Å²) in [5.41, 5.74) is 1.70. The van der Waals surface area contributed by atoms with E-state index in [1.54, 1.807) is 0 Å². The van der Waals surface area contributed by atoms with Crippen LogP contribution in [0.1, 0.15) is 35.2 Å². The number of ether oxygens (including phenoxy) is 1. The molecule has 1 N–H and O–H groups in total. The minimum atomic E-state index is -3.26. The van der Waals surface area contributed by atoms with Gasteiger partial charge in [0.15, 0.2) is 9.84 Å². The summed E-state index contributed by atoms with van der Waals surface area (Å²) in [4.78, 5) is 14.8. The summed E-state index contributed by atoms with van der Waals surface area (Å²) in [5.74, 6) is 0.627. The second-order valence-electron chi connectivity index (χ2n) is 7.39. The van der Waals surface area contributed by atoms with Gasteiger partial charge in [0.1, 0.15) is 5.75 Å². The van der Waals surface area contributed by atoms with Gasteiger partial charge >= 0.3 is 0 Å². The van der Waals surface area contributed by atoms with Crippen molar-refractivity contribution in [2.45, 2.75) is 30.7 Å². The summed E-state index contributed by atoms with van der Waals surface area (Å²) >= 11 is 0. The van der Waals surface area contributed by atoms with Crippen LogP contribution in [-0.4, -0.2) is 51.7 Å². The lowest BCUT2D eigenvalue weighted by Gasteiger charge is -2.15. The van der Waals surface area contributed by atoms with Crippen molar-refractivity contribution >= 4 is 15.7 Å². The molecule has 0 unspecified atom stereocenters. The summed E-state index contributed by atoms with van der Waals surface area (Å²) in [6, 6.07) is 14.1. The molecule has 1 saturated heterocycles. The molecule has 2 aromatic rings. The van der Waals surface area contributed by atoms with Crippen molar-refractivity contribution < 1.29 is 17.9 Å². The van der Waals surface area contributed by atoms with E-state index in [0.717, 1.165) is 18.6 Å². The quantitative estimate of drug-likeness (QED) is 0.636. The van der Waals surface area contributed by atoms with Gasteiger partial charge in [-0.1, -0.05) is 12.1 Å². The Morgan fingerprint density at radius 2 is 1.83 bits per heavy atom. The molecule has 0 radical (unpaired) electrons. The zero-order valence-electron chi connectivity index (χ0n) is 16.8. The first kappa shape index (κ1) is 21.3. The van der Waals surface area contributed by atoms with Gasteiger partial charge in [0.25, 0.3) is 5.91 Å². The Hall–Kier alpha value is -2.38. The van der Waals surface area contributed by atoms with Crippen molar-refractivity contribution in [3.05, 3.63) is 59.7 Å². The third-order valence-electron chi connectivity index (χ3n) is 4.92. The highest BCUT2D eigenvalue weighted by Crippen LogP contribution is 2.17. The third kappa shape index (κ3) is 6.58. The minimum Gasteiger partial charge on any atom is -0.494 e. The molecule has 1 fully saturated rings. The summed E-state index contributed by atoms with van der Waals surface area (Å²) in [7, 11) is -3.26. The molecule has 6 nitrogen and oxygen atoms in total. The van der Waals surface area contributed by atoms with Crippen LogP contribution >= 0.6 is 0 Å². The van der Waals surface area contributed by atoms with Crippen LogP contribution in [0, 0.1) is 0 Å². The molecule has 2 aromatic carbocycles. The number of hydrogen-bond donors (Lipinski definition) is 1. The first-order valence-electron chi connectivity index (χ1n) is 9.94. The van der Waals surface area contributed by atoms with Crippen molar-refractivity contribution in [1.82, 2.24) is 10.2 Å². The van der Waals surface area contributed by atoms with E-state index in [2.05, 4.69) is 22.3 Å². The van der Waals surface area contributed by atoms with Crippen molar-refractivity contribution in [1.29, 1.82) is 0 Å². The number of carbonyl (C=O) groups excluding carboxylic acids is 1. The lowest BCUT2D eigenvalue weighted by molar-refractivity contribution is 0.0951. The number of nitrogens with zero attached hydrogens (tertiary/aromatic N) is 1. The average Bonchev–Trinajstić information content (AvgIpc) is 3.20. The van der Waals surface area contributed by atoms with Crippen molar-refractivity contribution in [2.75, 3.05) is 32.5 Å². The van der Waals surface area contributed by atoms with Crippen LogP contribution in [0.15, 0.2) is 53.4 Å². The Morgan fingerprint density at radius 1 is 1.10 bits per heavy atom. The molecule has 0 spiro atoms. The molecule has 3 rings (SSSR count). The summed E-state index contributed by atoms with van der Waals surface area (Å²) in [6.45, 7) is 4.30. The van der Waals surface area contributed by atoms with Crippen molar-refractivity contribution in [2.24, 2.45) is 0 Å². The lowest BCUT2D eigenvalue weighted by Crippen LogP contribution is -2.25. The number of likely N-dealkylation sites (tertiary alicyclic amines) is 1. The van der Waals surface area contributed by atoms with Gasteiger partial charge in [0.2, 0.25) is 0 Å². The van der Waals surface area contributed by atoms with Gasteiger partial charge in [-0.15, -0.1) is 0 Å². The van der Waals surface area contributed by atoms with Gasteiger partial charge in [0.05, 0.1) is 11.5 Å². The van der Waals surface area contributed by atoms with E-state index in [1.807, 2.05) is 12.1 Å². The van der Waals surface area contributed by atoms with Gasteiger partial charge in [-0.05, 0) is 74.3 Å². The minimum absolute atomic E-state index is 0.203. The topological polar surface area (TPSA) is 75.7 Å².